The van der Waals surface area contributed by atoms with Crippen LogP contribution in [0.3, 0.4) is 0 Å². The summed E-state index contributed by atoms with van der Waals surface area (Å²) in [5, 5.41) is 0. The van der Waals surface area contributed by atoms with E-state index in [2.05, 4.69) is 50.5 Å². The highest BCUT2D eigenvalue weighted by Crippen LogP contribution is 2.20. The lowest BCUT2D eigenvalue weighted by atomic mass is 9.94. The minimum atomic E-state index is 1.13. The third-order valence-electron chi connectivity index (χ3n) is 2.47. The molecule has 0 N–H and O–H groups in total. The summed E-state index contributed by atoms with van der Waals surface area (Å²) in [5.41, 5.74) is 5.93. The van der Waals surface area contributed by atoms with Crippen molar-refractivity contribution >= 4 is 0 Å². The number of aryl methyl sites for hydroxylation is 2. The van der Waals surface area contributed by atoms with Gasteiger partial charge in [0.25, 0.3) is 0 Å². The molecule has 0 spiro atoms. The fraction of sp³-hybridized carbons (Fsp3) is 0.333. The lowest BCUT2D eigenvalue weighted by Gasteiger charge is -2.09. The summed E-state index contributed by atoms with van der Waals surface area (Å²) in [6.07, 6.45) is 0. The van der Waals surface area contributed by atoms with Gasteiger partial charge in [-0.2, -0.15) is 0 Å². The van der Waals surface area contributed by atoms with Gasteiger partial charge in [0.15, 0.2) is 0 Å². The van der Waals surface area contributed by atoms with Crippen LogP contribution in [0.15, 0.2) is 6.07 Å². The molecule has 0 saturated carbocycles. The molecule has 0 amide bonds. The molecule has 0 heterocycles. The molecule has 1 aromatic carbocycles. The Labute approximate surface area is 92.7 Å². The number of rotatable bonds is 0. The van der Waals surface area contributed by atoms with Crippen LogP contribution in [0.4, 0.5) is 0 Å². The molecule has 0 radical (unpaired) electrons. The summed E-state index contributed by atoms with van der Waals surface area (Å²) in [6, 6.07) is 2.16. The van der Waals surface area contributed by atoms with Gasteiger partial charge >= 0.3 is 0 Å². The first kappa shape index (κ1) is 11.4. The largest absolute Gasteiger partial charge is 0.101 e. The minimum Gasteiger partial charge on any atom is -0.101 e. The van der Waals surface area contributed by atoms with E-state index < -0.39 is 0 Å². The Kier molecular flexibility index (Phi) is 3.59. The second kappa shape index (κ2) is 4.72. The van der Waals surface area contributed by atoms with Crippen molar-refractivity contribution in [3.05, 3.63) is 33.9 Å². The van der Waals surface area contributed by atoms with Crippen molar-refractivity contribution in [1.29, 1.82) is 0 Å². The normalized spacial score (nSPS) is 8.60. The second-order valence-electron chi connectivity index (χ2n) is 3.64. The summed E-state index contributed by atoms with van der Waals surface area (Å²) in [5.74, 6) is 12.2. The van der Waals surface area contributed by atoms with Crippen molar-refractivity contribution in [2.75, 3.05) is 0 Å². The molecule has 1 aromatic rings. The average molecular weight is 196 g/mol. The van der Waals surface area contributed by atoms with Gasteiger partial charge in [0, 0.05) is 11.1 Å². The van der Waals surface area contributed by atoms with E-state index in [0.29, 0.717) is 0 Å². The molecule has 0 aliphatic heterocycles. The molecule has 0 aromatic heterocycles. The number of hydrogen-bond donors (Lipinski definition) is 0. The molecular weight excluding hydrogens is 180 g/mol. The standard InChI is InChI=1S/C15H16/c1-6-8-14-11(3)10-12(4)15(9-7-2)13(14)5/h10H,1-5H3. The topological polar surface area (TPSA) is 0 Å². The van der Waals surface area contributed by atoms with E-state index >= 15 is 0 Å². The summed E-state index contributed by atoms with van der Waals surface area (Å²) < 4.78 is 0. The molecule has 0 aliphatic carbocycles. The first-order valence-corrected chi connectivity index (χ1v) is 5.08. The first-order chi connectivity index (χ1) is 7.11. The van der Waals surface area contributed by atoms with E-state index in [9.17, 15) is 0 Å². The third kappa shape index (κ3) is 2.23. The van der Waals surface area contributed by atoms with Crippen molar-refractivity contribution in [2.45, 2.75) is 34.6 Å². The smallest absolute Gasteiger partial charge is 0.0316 e. The van der Waals surface area contributed by atoms with Crippen molar-refractivity contribution in [1.82, 2.24) is 0 Å². The Bertz CT molecular complexity index is 453. The summed E-state index contributed by atoms with van der Waals surface area (Å²) in [6.45, 7) is 10.0. The predicted molar refractivity (Wildman–Crippen MR) is 65.8 cm³/mol. The van der Waals surface area contributed by atoms with Gasteiger partial charge in [-0.25, -0.2) is 0 Å². The maximum atomic E-state index is 3.15. The fourth-order valence-electron chi connectivity index (χ4n) is 1.82. The molecule has 0 nitrogen and oxygen atoms in total. The SMILES string of the molecule is CC#Cc1c(C)cc(C)c(C#CC)c1C. The molecule has 0 atom stereocenters. The molecule has 0 bridgehead atoms. The van der Waals surface area contributed by atoms with Gasteiger partial charge in [-0.05, 0) is 51.3 Å². The Morgan fingerprint density at radius 1 is 0.800 bits per heavy atom. The molecule has 76 valence electrons. The Balaban J connectivity index is 3.58. The van der Waals surface area contributed by atoms with Crippen molar-refractivity contribution in [2.24, 2.45) is 0 Å². The molecule has 0 aliphatic rings. The van der Waals surface area contributed by atoms with Crippen molar-refractivity contribution in [3.8, 4) is 23.7 Å². The zero-order chi connectivity index (χ0) is 11.4. The molecule has 1 rings (SSSR count). The lowest BCUT2D eigenvalue weighted by Crippen LogP contribution is -1.96. The lowest BCUT2D eigenvalue weighted by molar-refractivity contribution is 1.27. The Hall–Kier alpha value is -1.66. The second-order valence-corrected chi connectivity index (χ2v) is 3.64. The summed E-state index contributed by atoms with van der Waals surface area (Å²) in [7, 11) is 0. The van der Waals surface area contributed by atoms with Gasteiger partial charge in [-0.15, -0.1) is 11.8 Å². The van der Waals surface area contributed by atoms with Crippen LogP contribution in [-0.2, 0) is 0 Å². The van der Waals surface area contributed by atoms with Crippen LogP contribution >= 0.6 is 0 Å². The van der Waals surface area contributed by atoms with Gasteiger partial charge in [0.1, 0.15) is 0 Å². The van der Waals surface area contributed by atoms with E-state index in [1.54, 1.807) is 0 Å². The van der Waals surface area contributed by atoms with Crippen LogP contribution in [0.2, 0.25) is 0 Å². The van der Waals surface area contributed by atoms with Gasteiger partial charge in [0.05, 0.1) is 0 Å². The molecule has 15 heavy (non-hydrogen) atoms. The molecule has 0 unspecified atom stereocenters. The Morgan fingerprint density at radius 3 is 1.53 bits per heavy atom. The predicted octanol–water partition coefficient (Wildman–Crippen LogP) is 3.35. The van der Waals surface area contributed by atoms with Crippen molar-refractivity contribution in [3.63, 3.8) is 0 Å². The number of hydrogen-bond acceptors (Lipinski definition) is 0. The fourth-order valence-corrected chi connectivity index (χ4v) is 1.82. The van der Waals surface area contributed by atoms with Crippen molar-refractivity contribution < 1.29 is 0 Å². The van der Waals surface area contributed by atoms with Crippen LogP contribution in [0.1, 0.15) is 41.7 Å². The maximum Gasteiger partial charge on any atom is 0.0316 e. The van der Waals surface area contributed by atoms with Gasteiger partial charge < -0.3 is 0 Å². The van der Waals surface area contributed by atoms with Gasteiger partial charge in [-0.3, -0.25) is 0 Å². The maximum absolute atomic E-state index is 3.15. The van der Waals surface area contributed by atoms with E-state index in [-0.39, 0.29) is 0 Å². The van der Waals surface area contributed by atoms with Crippen LogP contribution in [0.5, 0.6) is 0 Å². The van der Waals surface area contributed by atoms with E-state index in [1.165, 1.54) is 16.7 Å². The highest BCUT2D eigenvalue weighted by atomic mass is 14.1. The monoisotopic (exact) mass is 196 g/mol. The quantitative estimate of drug-likeness (QED) is 0.558. The molecule has 0 heteroatoms. The molecular formula is C15H16. The first-order valence-electron chi connectivity index (χ1n) is 5.08. The van der Waals surface area contributed by atoms with E-state index in [1.807, 2.05) is 13.8 Å². The van der Waals surface area contributed by atoms with Crippen LogP contribution < -0.4 is 0 Å². The zero-order valence-corrected chi connectivity index (χ0v) is 10.1. The van der Waals surface area contributed by atoms with Gasteiger partial charge in [0.2, 0.25) is 0 Å². The average Bonchev–Trinajstić information content (AvgIpc) is 2.19. The third-order valence-corrected chi connectivity index (χ3v) is 2.47. The van der Waals surface area contributed by atoms with Crippen LogP contribution in [0, 0.1) is 44.5 Å². The van der Waals surface area contributed by atoms with Gasteiger partial charge in [-0.1, -0.05) is 17.9 Å². The summed E-state index contributed by atoms with van der Waals surface area (Å²) in [4.78, 5) is 0. The highest BCUT2D eigenvalue weighted by Gasteiger charge is 2.07. The van der Waals surface area contributed by atoms with Crippen LogP contribution in [-0.4, -0.2) is 0 Å². The molecule has 0 saturated heterocycles. The van der Waals surface area contributed by atoms with Crippen LogP contribution in [0.25, 0.3) is 0 Å². The zero-order valence-electron chi connectivity index (χ0n) is 10.1. The highest BCUT2D eigenvalue weighted by molar-refractivity contribution is 5.57. The number of benzene rings is 1. The Morgan fingerprint density at radius 2 is 1.20 bits per heavy atom. The van der Waals surface area contributed by atoms with E-state index in [4.69, 9.17) is 0 Å². The minimum absolute atomic E-state index is 1.13. The van der Waals surface area contributed by atoms with E-state index in [0.717, 1.165) is 11.1 Å². The summed E-state index contributed by atoms with van der Waals surface area (Å²) >= 11 is 0. The molecule has 0 fully saturated rings.